The summed E-state index contributed by atoms with van der Waals surface area (Å²) in [7, 11) is -3.95. The fourth-order valence-corrected chi connectivity index (χ4v) is 4.49. The Bertz CT molecular complexity index is 611. The Labute approximate surface area is 129 Å². The van der Waals surface area contributed by atoms with Gasteiger partial charge in [0.05, 0.1) is 5.02 Å². The molecule has 1 unspecified atom stereocenters. The number of aliphatic carboxylic acids is 1. The van der Waals surface area contributed by atoms with Crippen molar-refractivity contribution < 1.29 is 18.3 Å². The summed E-state index contributed by atoms with van der Waals surface area (Å²) >= 11 is 5.89. The van der Waals surface area contributed by atoms with E-state index < -0.39 is 22.0 Å². The predicted molar refractivity (Wildman–Crippen MR) is 79.8 cm³/mol. The molecule has 0 amide bonds. The van der Waals surface area contributed by atoms with Gasteiger partial charge in [-0.25, -0.2) is 8.42 Å². The number of hydrogen-bond acceptors (Lipinski definition) is 3. The summed E-state index contributed by atoms with van der Waals surface area (Å²) in [5.41, 5.74) is 0. The molecule has 1 aromatic carbocycles. The van der Waals surface area contributed by atoms with Crippen molar-refractivity contribution in [3.05, 3.63) is 29.3 Å². The zero-order valence-corrected chi connectivity index (χ0v) is 13.0. The largest absolute Gasteiger partial charge is 0.480 e. The van der Waals surface area contributed by atoms with Crippen LogP contribution in [-0.4, -0.2) is 25.5 Å². The number of carboxylic acid groups (broad SMARTS) is 1. The highest BCUT2D eigenvalue weighted by Crippen LogP contribution is 2.28. The van der Waals surface area contributed by atoms with E-state index in [2.05, 4.69) is 4.72 Å². The Morgan fingerprint density at radius 1 is 1.24 bits per heavy atom. The van der Waals surface area contributed by atoms with E-state index in [9.17, 15) is 18.3 Å². The Hall–Kier alpha value is -1.11. The van der Waals surface area contributed by atoms with Crippen LogP contribution in [0, 0.1) is 5.92 Å². The van der Waals surface area contributed by atoms with Gasteiger partial charge in [0.2, 0.25) is 10.0 Å². The van der Waals surface area contributed by atoms with Crippen molar-refractivity contribution in [2.75, 3.05) is 0 Å². The minimum atomic E-state index is -3.95. The van der Waals surface area contributed by atoms with Crippen LogP contribution in [-0.2, 0) is 14.8 Å². The second kappa shape index (κ2) is 6.77. The van der Waals surface area contributed by atoms with Crippen LogP contribution in [0.15, 0.2) is 29.2 Å². The molecule has 1 atom stereocenters. The number of hydrogen-bond donors (Lipinski definition) is 2. The summed E-state index contributed by atoms with van der Waals surface area (Å²) < 4.78 is 27.0. The molecule has 116 valence electrons. The average Bonchev–Trinajstić information content (AvgIpc) is 2.46. The van der Waals surface area contributed by atoms with E-state index in [1.807, 2.05) is 0 Å². The predicted octanol–water partition coefficient (Wildman–Crippen LogP) is 2.65. The van der Waals surface area contributed by atoms with Gasteiger partial charge in [0, 0.05) is 0 Å². The Kier molecular flexibility index (Phi) is 5.24. The smallest absolute Gasteiger partial charge is 0.322 e. The molecule has 1 aromatic rings. The van der Waals surface area contributed by atoms with Crippen molar-refractivity contribution in [3.63, 3.8) is 0 Å². The third kappa shape index (κ3) is 3.96. The van der Waals surface area contributed by atoms with Crippen LogP contribution in [0.4, 0.5) is 0 Å². The number of halogens is 1. The number of benzene rings is 1. The third-order valence-electron chi connectivity index (χ3n) is 3.80. The lowest BCUT2D eigenvalue weighted by Crippen LogP contribution is -2.46. The van der Waals surface area contributed by atoms with E-state index >= 15 is 0 Å². The van der Waals surface area contributed by atoms with Gasteiger partial charge in [-0.3, -0.25) is 4.79 Å². The molecular weight excluding hydrogens is 314 g/mol. The molecule has 7 heteroatoms. The van der Waals surface area contributed by atoms with Crippen molar-refractivity contribution in [3.8, 4) is 0 Å². The summed E-state index contributed by atoms with van der Waals surface area (Å²) in [6.45, 7) is 0. The lowest BCUT2D eigenvalue weighted by atomic mass is 9.84. The molecule has 0 saturated heterocycles. The van der Waals surface area contributed by atoms with E-state index in [-0.39, 0.29) is 15.8 Å². The molecular formula is C14H18ClNO4S. The molecule has 0 aliphatic heterocycles. The van der Waals surface area contributed by atoms with Gasteiger partial charge in [-0.2, -0.15) is 4.72 Å². The number of nitrogens with one attached hydrogen (secondary N) is 1. The minimum absolute atomic E-state index is 0.0813. The number of sulfonamides is 1. The van der Waals surface area contributed by atoms with Crippen molar-refractivity contribution in [1.82, 2.24) is 4.72 Å². The molecule has 2 N–H and O–H groups in total. The standard InChI is InChI=1S/C14H18ClNO4S/c15-11-8-4-5-9-12(11)21(19,20)16-13(14(17)18)10-6-2-1-3-7-10/h4-5,8-10,13,16H,1-3,6-7H2,(H,17,18). The van der Waals surface area contributed by atoms with E-state index in [1.165, 1.54) is 12.1 Å². The van der Waals surface area contributed by atoms with Crippen LogP contribution >= 0.6 is 11.6 Å². The molecule has 2 rings (SSSR count). The fraction of sp³-hybridized carbons (Fsp3) is 0.500. The first kappa shape index (κ1) is 16.3. The molecule has 1 aliphatic rings. The van der Waals surface area contributed by atoms with Crippen LogP contribution in [0.5, 0.6) is 0 Å². The number of rotatable bonds is 5. The van der Waals surface area contributed by atoms with Crippen LogP contribution in [0.1, 0.15) is 32.1 Å². The van der Waals surface area contributed by atoms with Gasteiger partial charge in [0.1, 0.15) is 10.9 Å². The lowest BCUT2D eigenvalue weighted by Gasteiger charge is -2.27. The SMILES string of the molecule is O=C(O)C(NS(=O)(=O)c1ccccc1Cl)C1CCCCC1. The normalized spacial score (nSPS) is 18.3. The van der Waals surface area contributed by atoms with Gasteiger partial charge < -0.3 is 5.11 Å². The van der Waals surface area contributed by atoms with E-state index in [4.69, 9.17) is 11.6 Å². The molecule has 0 aromatic heterocycles. The Morgan fingerprint density at radius 2 is 1.86 bits per heavy atom. The zero-order valence-electron chi connectivity index (χ0n) is 11.5. The van der Waals surface area contributed by atoms with Gasteiger partial charge >= 0.3 is 5.97 Å². The molecule has 0 radical (unpaired) electrons. The molecule has 0 bridgehead atoms. The zero-order chi connectivity index (χ0) is 15.5. The summed E-state index contributed by atoms with van der Waals surface area (Å²) in [5, 5.41) is 9.43. The van der Waals surface area contributed by atoms with E-state index in [0.29, 0.717) is 0 Å². The fourth-order valence-electron chi connectivity index (χ4n) is 2.71. The molecule has 0 heterocycles. The maximum Gasteiger partial charge on any atom is 0.322 e. The maximum atomic E-state index is 12.4. The lowest BCUT2D eigenvalue weighted by molar-refractivity contribution is -0.140. The average molecular weight is 332 g/mol. The van der Waals surface area contributed by atoms with Gasteiger partial charge in [0.15, 0.2) is 0 Å². The highest BCUT2D eigenvalue weighted by Gasteiger charge is 2.33. The third-order valence-corrected chi connectivity index (χ3v) is 5.74. The van der Waals surface area contributed by atoms with Crippen molar-refractivity contribution in [1.29, 1.82) is 0 Å². The Morgan fingerprint density at radius 3 is 2.43 bits per heavy atom. The first-order valence-electron chi connectivity index (χ1n) is 6.91. The van der Waals surface area contributed by atoms with Crippen LogP contribution in [0.25, 0.3) is 0 Å². The highest BCUT2D eigenvalue weighted by molar-refractivity contribution is 7.89. The highest BCUT2D eigenvalue weighted by atomic mass is 35.5. The molecule has 1 fully saturated rings. The van der Waals surface area contributed by atoms with E-state index in [0.717, 1.165) is 32.1 Å². The number of carboxylic acids is 1. The first-order valence-corrected chi connectivity index (χ1v) is 8.77. The minimum Gasteiger partial charge on any atom is -0.480 e. The topological polar surface area (TPSA) is 83.5 Å². The van der Waals surface area contributed by atoms with Crippen molar-refractivity contribution in [2.45, 2.75) is 43.0 Å². The van der Waals surface area contributed by atoms with Crippen LogP contribution < -0.4 is 4.72 Å². The first-order chi connectivity index (χ1) is 9.92. The molecule has 1 saturated carbocycles. The number of carbonyl (C=O) groups is 1. The molecule has 21 heavy (non-hydrogen) atoms. The van der Waals surface area contributed by atoms with Crippen LogP contribution in [0.3, 0.4) is 0 Å². The molecule has 5 nitrogen and oxygen atoms in total. The summed E-state index contributed by atoms with van der Waals surface area (Å²) in [6.07, 6.45) is 4.38. The quantitative estimate of drug-likeness (QED) is 0.868. The van der Waals surface area contributed by atoms with Crippen molar-refractivity contribution in [2.24, 2.45) is 5.92 Å². The summed E-state index contributed by atoms with van der Waals surface area (Å²) in [5.74, 6) is -1.31. The maximum absolute atomic E-state index is 12.4. The van der Waals surface area contributed by atoms with Crippen LogP contribution in [0.2, 0.25) is 5.02 Å². The second-order valence-corrected chi connectivity index (χ2v) is 7.36. The molecule has 0 spiro atoms. The van der Waals surface area contributed by atoms with E-state index in [1.54, 1.807) is 12.1 Å². The second-order valence-electron chi connectivity index (χ2n) is 5.27. The van der Waals surface area contributed by atoms with Gasteiger partial charge in [0.25, 0.3) is 0 Å². The monoisotopic (exact) mass is 331 g/mol. The summed E-state index contributed by atoms with van der Waals surface area (Å²) in [6, 6.07) is 4.90. The van der Waals surface area contributed by atoms with Crippen molar-refractivity contribution >= 4 is 27.6 Å². The van der Waals surface area contributed by atoms with Gasteiger partial charge in [-0.1, -0.05) is 43.0 Å². The van der Waals surface area contributed by atoms with Gasteiger partial charge in [-0.15, -0.1) is 0 Å². The molecule has 1 aliphatic carbocycles. The Balaban J connectivity index is 2.23. The summed E-state index contributed by atoms with van der Waals surface area (Å²) in [4.78, 5) is 11.3. The van der Waals surface area contributed by atoms with Gasteiger partial charge in [-0.05, 0) is 30.9 Å².